The van der Waals surface area contributed by atoms with Crippen molar-refractivity contribution in [3.8, 4) is 0 Å². The van der Waals surface area contributed by atoms with Gasteiger partial charge in [0.2, 0.25) is 5.91 Å². The lowest BCUT2D eigenvalue weighted by Gasteiger charge is -2.34. The first-order valence-corrected chi connectivity index (χ1v) is 7.20. The number of nitrogens with one attached hydrogen (secondary N) is 2. The van der Waals surface area contributed by atoms with Crippen molar-refractivity contribution in [3.05, 3.63) is 0 Å². The third-order valence-corrected chi connectivity index (χ3v) is 3.99. The number of carbonyl (C=O) groups is 3. The maximum absolute atomic E-state index is 12.2. The van der Waals surface area contributed by atoms with Gasteiger partial charge in [0.05, 0.1) is 6.42 Å². The van der Waals surface area contributed by atoms with E-state index in [-0.39, 0.29) is 12.5 Å². The Morgan fingerprint density at radius 1 is 1.43 bits per heavy atom. The summed E-state index contributed by atoms with van der Waals surface area (Å²) in [6, 6.07) is -1.28. The van der Waals surface area contributed by atoms with Crippen LogP contribution in [0.4, 0.5) is 4.79 Å². The van der Waals surface area contributed by atoms with E-state index in [9.17, 15) is 14.4 Å². The smallest absolute Gasteiger partial charge is 0.318 e. The lowest BCUT2D eigenvalue weighted by atomic mass is 10.1. The van der Waals surface area contributed by atoms with E-state index in [2.05, 4.69) is 15.5 Å². The summed E-state index contributed by atoms with van der Waals surface area (Å²) in [5, 5.41) is 14.3. The Bertz CT molecular complexity index is 428. The van der Waals surface area contributed by atoms with Gasteiger partial charge in [0.15, 0.2) is 0 Å². The number of carboxylic acids is 1. The molecule has 0 aliphatic carbocycles. The molecular weight excluding hydrogens is 276 g/mol. The zero-order chi connectivity index (χ0) is 15.4. The molecule has 0 spiro atoms. The third kappa shape index (κ3) is 4.07. The van der Waals surface area contributed by atoms with E-state index >= 15 is 0 Å². The fourth-order valence-electron chi connectivity index (χ4n) is 2.85. The molecule has 0 saturated carbocycles. The Morgan fingerprint density at radius 2 is 2.19 bits per heavy atom. The van der Waals surface area contributed by atoms with Crippen molar-refractivity contribution < 1.29 is 19.5 Å². The molecule has 3 amide bonds. The van der Waals surface area contributed by atoms with Gasteiger partial charge in [-0.15, -0.1) is 0 Å². The van der Waals surface area contributed by atoms with Crippen molar-refractivity contribution in [1.82, 2.24) is 20.4 Å². The van der Waals surface area contributed by atoms with Crippen LogP contribution in [0.2, 0.25) is 0 Å². The Kier molecular flexibility index (Phi) is 5.00. The number of rotatable bonds is 4. The van der Waals surface area contributed by atoms with Crippen LogP contribution in [-0.4, -0.2) is 78.6 Å². The monoisotopic (exact) mass is 298 g/mol. The van der Waals surface area contributed by atoms with Crippen molar-refractivity contribution in [1.29, 1.82) is 0 Å². The Hall–Kier alpha value is -1.83. The molecule has 2 heterocycles. The minimum atomic E-state index is -1.09. The summed E-state index contributed by atoms with van der Waals surface area (Å²) in [6.07, 6.45) is 0.668. The van der Waals surface area contributed by atoms with Gasteiger partial charge in [0.25, 0.3) is 0 Å². The Labute approximate surface area is 123 Å². The molecule has 2 atom stereocenters. The summed E-state index contributed by atoms with van der Waals surface area (Å²) >= 11 is 0. The minimum absolute atomic E-state index is 0.333. The second kappa shape index (κ2) is 6.75. The van der Waals surface area contributed by atoms with E-state index < -0.39 is 17.9 Å². The first kappa shape index (κ1) is 15.6. The number of aliphatic carboxylic acids is 1. The molecule has 0 aromatic rings. The summed E-state index contributed by atoms with van der Waals surface area (Å²) < 4.78 is 0. The van der Waals surface area contributed by atoms with Crippen LogP contribution in [0.25, 0.3) is 0 Å². The van der Waals surface area contributed by atoms with Gasteiger partial charge in [-0.2, -0.15) is 0 Å². The maximum atomic E-state index is 12.2. The van der Waals surface area contributed by atoms with Gasteiger partial charge in [-0.05, 0) is 25.9 Å². The highest BCUT2D eigenvalue weighted by atomic mass is 16.4. The Morgan fingerprint density at radius 3 is 2.81 bits per heavy atom. The normalized spacial score (nSPS) is 26.5. The number of carbonyl (C=O) groups excluding carboxylic acids is 2. The molecule has 2 unspecified atom stereocenters. The SMILES string of the molecule is CN1CCC(CNC(=O)N2CCNC(=O)C2CC(=O)O)C1. The molecule has 0 aromatic carbocycles. The largest absolute Gasteiger partial charge is 0.481 e. The van der Waals surface area contributed by atoms with Crippen LogP contribution in [0.1, 0.15) is 12.8 Å². The lowest BCUT2D eigenvalue weighted by molar-refractivity contribution is -0.142. The minimum Gasteiger partial charge on any atom is -0.481 e. The van der Waals surface area contributed by atoms with E-state index in [0.29, 0.717) is 25.6 Å². The third-order valence-electron chi connectivity index (χ3n) is 3.99. The highest BCUT2D eigenvalue weighted by molar-refractivity contribution is 5.91. The molecule has 8 heteroatoms. The number of piperazine rings is 1. The molecule has 0 bridgehead atoms. The fraction of sp³-hybridized carbons (Fsp3) is 0.769. The number of urea groups is 1. The maximum Gasteiger partial charge on any atom is 0.318 e. The van der Waals surface area contributed by atoms with Crippen molar-refractivity contribution in [2.75, 3.05) is 39.8 Å². The molecule has 3 N–H and O–H groups in total. The second-order valence-corrected chi connectivity index (χ2v) is 5.70. The van der Waals surface area contributed by atoms with E-state index in [0.717, 1.165) is 19.5 Å². The zero-order valence-electron chi connectivity index (χ0n) is 12.2. The van der Waals surface area contributed by atoms with Gasteiger partial charge in [-0.3, -0.25) is 9.59 Å². The van der Waals surface area contributed by atoms with Gasteiger partial charge in [0, 0.05) is 26.2 Å². The van der Waals surface area contributed by atoms with E-state index in [1.165, 1.54) is 4.90 Å². The Balaban J connectivity index is 1.89. The van der Waals surface area contributed by atoms with Crippen molar-refractivity contribution in [3.63, 3.8) is 0 Å². The average molecular weight is 298 g/mol. The molecule has 0 radical (unpaired) electrons. The van der Waals surface area contributed by atoms with Gasteiger partial charge in [-0.1, -0.05) is 0 Å². The second-order valence-electron chi connectivity index (χ2n) is 5.70. The molecule has 21 heavy (non-hydrogen) atoms. The van der Waals surface area contributed by atoms with Crippen molar-refractivity contribution >= 4 is 17.9 Å². The van der Waals surface area contributed by atoms with Gasteiger partial charge < -0.3 is 25.5 Å². The average Bonchev–Trinajstić information content (AvgIpc) is 2.84. The van der Waals surface area contributed by atoms with Crippen molar-refractivity contribution in [2.45, 2.75) is 18.9 Å². The number of nitrogens with zero attached hydrogens (tertiary/aromatic N) is 2. The summed E-state index contributed by atoms with van der Waals surface area (Å²) in [6.45, 7) is 3.21. The number of likely N-dealkylation sites (tertiary alicyclic amines) is 1. The topological polar surface area (TPSA) is 102 Å². The quantitative estimate of drug-likeness (QED) is 0.613. The molecule has 2 rings (SSSR count). The molecule has 2 aliphatic rings. The predicted octanol–water partition coefficient (Wildman–Crippen LogP) is -1.08. The van der Waals surface area contributed by atoms with E-state index in [1.54, 1.807) is 0 Å². The van der Waals surface area contributed by atoms with Crippen LogP contribution in [0, 0.1) is 5.92 Å². The van der Waals surface area contributed by atoms with Gasteiger partial charge >= 0.3 is 12.0 Å². The number of hydrogen-bond donors (Lipinski definition) is 3. The molecule has 2 fully saturated rings. The van der Waals surface area contributed by atoms with Crippen LogP contribution in [-0.2, 0) is 9.59 Å². The summed E-state index contributed by atoms with van der Waals surface area (Å²) in [5.41, 5.74) is 0. The molecule has 2 aliphatic heterocycles. The fourth-order valence-corrected chi connectivity index (χ4v) is 2.85. The van der Waals surface area contributed by atoms with Gasteiger partial charge in [0.1, 0.15) is 6.04 Å². The van der Waals surface area contributed by atoms with E-state index in [1.807, 2.05) is 7.05 Å². The molecule has 8 nitrogen and oxygen atoms in total. The van der Waals surface area contributed by atoms with Crippen LogP contribution < -0.4 is 10.6 Å². The van der Waals surface area contributed by atoms with Gasteiger partial charge in [-0.25, -0.2) is 4.79 Å². The predicted molar refractivity (Wildman–Crippen MR) is 74.8 cm³/mol. The highest BCUT2D eigenvalue weighted by Gasteiger charge is 2.35. The first-order valence-electron chi connectivity index (χ1n) is 7.20. The number of carboxylic acid groups (broad SMARTS) is 1. The van der Waals surface area contributed by atoms with Crippen molar-refractivity contribution in [2.24, 2.45) is 5.92 Å². The van der Waals surface area contributed by atoms with Crippen LogP contribution in [0.5, 0.6) is 0 Å². The molecule has 118 valence electrons. The summed E-state index contributed by atoms with van der Waals surface area (Å²) in [5.74, 6) is -1.08. The summed E-state index contributed by atoms with van der Waals surface area (Å²) in [4.78, 5) is 38.3. The summed E-state index contributed by atoms with van der Waals surface area (Å²) in [7, 11) is 2.04. The number of amides is 3. The molecule has 2 saturated heterocycles. The standard InChI is InChI=1S/C13H22N4O4/c1-16-4-2-9(8-16)7-15-13(21)17-5-3-14-12(20)10(17)6-11(18)19/h9-10H,2-8H2,1H3,(H,14,20)(H,15,21)(H,18,19). The zero-order valence-corrected chi connectivity index (χ0v) is 12.2. The lowest BCUT2D eigenvalue weighted by Crippen LogP contribution is -2.60. The van der Waals surface area contributed by atoms with E-state index in [4.69, 9.17) is 5.11 Å². The first-order chi connectivity index (χ1) is 9.97. The molecule has 0 aromatic heterocycles. The molecular formula is C13H22N4O4. The highest BCUT2D eigenvalue weighted by Crippen LogP contribution is 2.14. The van der Waals surface area contributed by atoms with Crippen LogP contribution in [0.3, 0.4) is 0 Å². The van der Waals surface area contributed by atoms with Crippen LogP contribution in [0.15, 0.2) is 0 Å². The number of hydrogen-bond acceptors (Lipinski definition) is 4. The van der Waals surface area contributed by atoms with Crippen LogP contribution >= 0.6 is 0 Å².